The SMILES string of the molecule is CCCCOc1cccc(C2(N(C)CCCC)CCC(N3CCOCC3)CC2)c1. The molecule has 0 radical (unpaired) electrons. The molecule has 1 aliphatic carbocycles. The molecule has 0 aromatic heterocycles. The Morgan fingerprint density at radius 3 is 2.52 bits per heavy atom. The summed E-state index contributed by atoms with van der Waals surface area (Å²) in [5.41, 5.74) is 1.59. The van der Waals surface area contributed by atoms with Crippen LogP contribution in [-0.2, 0) is 10.3 Å². The van der Waals surface area contributed by atoms with Gasteiger partial charge in [-0.05, 0) is 69.8 Å². The van der Waals surface area contributed by atoms with Crippen molar-refractivity contribution >= 4 is 0 Å². The molecule has 1 saturated carbocycles. The molecule has 0 N–H and O–H groups in total. The fraction of sp³-hybridized carbons (Fsp3) is 0.760. The zero-order valence-corrected chi connectivity index (χ0v) is 19.0. The summed E-state index contributed by atoms with van der Waals surface area (Å²) >= 11 is 0. The Morgan fingerprint density at radius 1 is 1.10 bits per heavy atom. The molecule has 29 heavy (non-hydrogen) atoms. The maximum Gasteiger partial charge on any atom is 0.119 e. The van der Waals surface area contributed by atoms with E-state index in [9.17, 15) is 0 Å². The fourth-order valence-electron chi connectivity index (χ4n) is 5.10. The molecule has 1 aromatic rings. The molecule has 0 bridgehead atoms. The summed E-state index contributed by atoms with van der Waals surface area (Å²) in [6, 6.07) is 9.70. The number of rotatable bonds is 10. The Bertz CT molecular complexity index is 592. The molecule has 164 valence electrons. The first-order valence-electron chi connectivity index (χ1n) is 12.0. The molecule has 1 aliphatic heterocycles. The van der Waals surface area contributed by atoms with Crippen LogP contribution < -0.4 is 4.74 Å². The van der Waals surface area contributed by atoms with Gasteiger partial charge < -0.3 is 9.47 Å². The highest BCUT2D eigenvalue weighted by Gasteiger charge is 2.41. The Labute approximate surface area is 178 Å². The van der Waals surface area contributed by atoms with Crippen molar-refractivity contribution in [1.82, 2.24) is 9.80 Å². The monoisotopic (exact) mass is 402 g/mol. The number of morpholine rings is 1. The van der Waals surface area contributed by atoms with Gasteiger partial charge in [0.2, 0.25) is 0 Å². The third-order valence-electron chi connectivity index (χ3n) is 7.06. The number of hydrogen-bond acceptors (Lipinski definition) is 4. The van der Waals surface area contributed by atoms with Crippen LogP contribution in [0.25, 0.3) is 0 Å². The number of nitrogens with zero attached hydrogens (tertiary/aromatic N) is 2. The van der Waals surface area contributed by atoms with Gasteiger partial charge in [-0.15, -0.1) is 0 Å². The van der Waals surface area contributed by atoms with Crippen molar-refractivity contribution in [2.75, 3.05) is 46.5 Å². The van der Waals surface area contributed by atoms with Gasteiger partial charge in [0, 0.05) is 24.7 Å². The Morgan fingerprint density at radius 2 is 1.83 bits per heavy atom. The van der Waals surface area contributed by atoms with Crippen LogP contribution >= 0.6 is 0 Å². The molecule has 2 fully saturated rings. The van der Waals surface area contributed by atoms with E-state index in [4.69, 9.17) is 9.47 Å². The van der Waals surface area contributed by atoms with Gasteiger partial charge in [-0.3, -0.25) is 9.80 Å². The summed E-state index contributed by atoms with van der Waals surface area (Å²) in [5, 5.41) is 0. The molecule has 1 aromatic carbocycles. The Kier molecular flexibility index (Phi) is 8.83. The Balaban J connectivity index is 1.75. The van der Waals surface area contributed by atoms with E-state index in [1.165, 1.54) is 57.1 Å². The maximum atomic E-state index is 6.06. The lowest BCUT2D eigenvalue weighted by molar-refractivity contribution is -0.0157. The average molecular weight is 403 g/mol. The first-order valence-corrected chi connectivity index (χ1v) is 12.0. The van der Waals surface area contributed by atoms with Gasteiger partial charge >= 0.3 is 0 Å². The predicted molar refractivity (Wildman–Crippen MR) is 121 cm³/mol. The van der Waals surface area contributed by atoms with Crippen molar-refractivity contribution in [2.24, 2.45) is 0 Å². The zero-order chi connectivity index (χ0) is 20.5. The predicted octanol–water partition coefficient (Wildman–Crippen LogP) is 5.07. The Hall–Kier alpha value is -1.10. The van der Waals surface area contributed by atoms with E-state index in [0.29, 0.717) is 0 Å². The van der Waals surface area contributed by atoms with Crippen molar-refractivity contribution in [3.8, 4) is 5.75 Å². The van der Waals surface area contributed by atoms with Gasteiger partial charge in [-0.25, -0.2) is 0 Å². The van der Waals surface area contributed by atoms with Gasteiger partial charge in [-0.1, -0.05) is 38.8 Å². The zero-order valence-electron chi connectivity index (χ0n) is 19.0. The van der Waals surface area contributed by atoms with Crippen molar-refractivity contribution in [1.29, 1.82) is 0 Å². The lowest BCUT2D eigenvalue weighted by atomic mass is 9.73. The highest BCUT2D eigenvalue weighted by molar-refractivity contribution is 5.34. The van der Waals surface area contributed by atoms with Crippen molar-refractivity contribution in [2.45, 2.75) is 76.8 Å². The average Bonchev–Trinajstić information content (AvgIpc) is 2.78. The van der Waals surface area contributed by atoms with Crippen LogP contribution in [0.2, 0.25) is 0 Å². The van der Waals surface area contributed by atoms with E-state index in [1.54, 1.807) is 0 Å². The lowest BCUT2D eigenvalue weighted by Gasteiger charge is -2.49. The highest BCUT2D eigenvalue weighted by atomic mass is 16.5. The minimum atomic E-state index is 0.141. The normalized spacial score (nSPS) is 26.0. The lowest BCUT2D eigenvalue weighted by Crippen LogP contribution is -2.52. The number of hydrogen-bond donors (Lipinski definition) is 0. The van der Waals surface area contributed by atoms with Crippen LogP contribution in [0.3, 0.4) is 0 Å². The largest absolute Gasteiger partial charge is 0.494 e. The second kappa shape index (κ2) is 11.3. The number of ether oxygens (including phenoxy) is 2. The third-order valence-corrected chi connectivity index (χ3v) is 7.06. The summed E-state index contributed by atoms with van der Waals surface area (Å²) in [4.78, 5) is 5.32. The summed E-state index contributed by atoms with van der Waals surface area (Å²) < 4.78 is 11.6. The van der Waals surface area contributed by atoms with Crippen molar-refractivity contribution in [3.05, 3.63) is 29.8 Å². The second-order valence-corrected chi connectivity index (χ2v) is 8.92. The molecule has 0 unspecified atom stereocenters. The molecule has 0 spiro atoms. The van der Waals surface area contributed by atoms with Crippen LogP contribution in [-0.4, -0.2) is 62.3 Å². The maximum absolute atomic E-state index is 6.06. The van der Waals surface area contributed by atoms with E-state index >= 15 is 0 Å². The molecule has 0 atom stereocenters. The molecule has 4 nitrogen and oxygen atoms in total. The first kappa shape index (κ1) is 22.6. The molecule has 3 rings (SSSR count). The third kappa shape index (κ3) is 5.74. The van der Waals surface area contributed by atoms with E-state index in [2.05, 4.69) is 55.0 Å². The van der Waals surface area contributed by atoms with Crippen LogP contribution in [0.15, 0.2) is 24.3 Å². The molecule has 0 amide bonds. The summed E-state index contributed by atoms with van der Waals surface area (Å²) in [6.45, 7) is 10.5. The van der Waals surface area contributed by atoms with Crippen molar-refractivity contribution in [3.63, 3.8) is 0 Å². The minimum Gasteiger partial charge on any atom is -0.494 e. The highest BCUT2D eigenvalue weighted by Crippen LogP contribution is 2.44. The molecule has 4 heteroatoms. The second-order valence-electron chi connectivity index (χ2n) is 8.92. The minimum absolute atomic E-state index is 0.141. The standard InChI is InChI=1S/C25H42N2O2/c1-4-6-15-26(3)25(22-9-8-10-24(21-22)29-18-7-5-2)13-11-23(12-14-25)27-16-19-28-20-17-27/h8-10,21,23H,4-7,11-20H2,1-3H3. The quantitative estimate of drug-likeness (QED) is 0.510. The van der Waals surface area contributed by atoms with Gasteiger partial charge in [0.05, 0.1) is 19.8 Å². The summed E-state index contributed by atoms with van der Waals surface area (Å²) in [5.74, 6) is 1.04. The summed E-state index contributed by atoms with van der Waals surface area (Å²) in [6.07, 6.45) is 9.81. The van der Waals surface area contributed by atoms with E-state index in [-0.39, 0.29) is 5.54 Å². The molecule has 1 saturated heterocycles. The van der Waals surface area contributed by atoms with E-state index in [1.807, 2.05) is 0 Å². The van der Waals surface area contributed by atoms with Crippen LogP contribution in [0, 0.1) is 0 Å². The van der Waals surface area contributed by atoms with Gasteiger partial charge in [-0.2, -0.15) is 0 Å². The van der Waals surface area contributed by atoms with E-state index < -0.39 is 0 Å². The molecular formula is C25H42N2O2. The molecular weight excluding hydrogens is 360 g/mol. The van der Waals surface area contributed by atoms with Gasteiger partial charge in [0.15, 0.2) is 0 Å². The number of unbranched alkanes of at least 4 members (excludes halogenated alkanes) is 2. The molecule has 2 aliphatic rings. The van der Waals surface area contributed by atoms with E-state index in [0.717, 1.165) is 51.1 Å². The fourth-order valence-corrected chi connectivity index (χ4v) is 5.10. The van der Waals surface area contributed by atoms with Gasteiger partial charge in [0.1, 0.15) is 5.75 Å². The van der Waals surface area contributed by atoms with Crippen LogP contribution in [0.4, 0.5) is 0 Å². The smallest absolute Gasteiger partial charge is 0.119 e. The van der Waals surface area contributed by atoms with Crippen LogP contribution in [0.5, 0.6) is 5.75 Å². The van der Waals surface area contributed by atoms with Crippen molar-refractivity contribution < 1.29 is 9.47 Å². The number of benzene rings is 1. The summed E-state index contributed by atoms with van der Waals surface area (Å²) in [7, 11) is 2.34. The topological polar surface area (TPSA) is 24.9 Å². The van der Waals surface area contributed by atoms with Gasteiger partial charge in [0.25, 0.3) is 0 Å². The molecule has 1 heterocycles. The first-order chi connectivity index (χ1) is 14.2. The van der Waals surface area contributed by atoms with Crippen LogP contribution in [0.1, 0.15) is 70.8 Å².